The number of rotatable bonds is 4. The van der Waals surface area contributed by atoms with Crippen molar-refractivity contribution in [2.45, 2.75) is 52.5 Å². The Balaban J connectivity index is 2.24. The molecule has 2 rings (SSSR count). The summed E-state index contributed by atoms with van der Waals surface area (Å²) in [5.41, 5.74) is 4.40. The van der Waals surface area contributed by atoms with E-state index in [2.05, 4.69) is 77.3 Å². The predicted octanol–water partition coefficient (Wildman–Crippen LogP) is 5.17. The smallest absolute Gasteiger partial charge is 0.0453 e. The molecular formula is C19H27NS. The minimum atomic E-state index is 0.237. The number of aryl methyl sites for hydroxylation is 2. The molecule has 21 heavy (non-hydrogen) atoms. The number of nitrogens with one attached hydrogen (secondary N) is 1. The van der Waals surface area contributed by atoms with Crippen molar-refractivity contribution in [3.63, 3.8) is 0 Å². The molecule has 1 atom stereocenters. The van der Waals surface area contributed by atoms with Crippen LogP contribution in [-0.4, -0.2) is 7.05 Å². The van der Waals surface area contributed by atoms with Gasteiger partial charge in [-0.15, -0.1) is 11.3 Å². The Hall–Kier alpha value is -1.12. The van der Waals surface area contributed by atoms with Crippen LogP contribution in [0.2, 0.25) is 0 Å². The maximum absolute atomic E-state index is 3.49. The van der Waals surface area contributed by atoms with E-state index in [1.54, 1.807) is 0 Å². The van der Waals surface area contributed by atoms with E-state index in [1.807, 2.05) is 11.3 Å². The highest BCUT2D eigenvalue weighted by atomic mass is 32.1. The third-order valence-electron chi connectivity index (χ3n) is 3.99. The molecule has 1 N–H and O–H groups in total. The molecule has 0 aliphatic heterocycles. The van der Waals surface area contributed by atoms with Crippen LogP contribution in [0.1, 0.15) is 53.3 Å². The number of hydrogen-bond acceptors (Lipinski definition) is 2. The second-order valence-electron chi connectivity index (χ2n) is 6.93. The van der Waals surface area contributed by atoms with Gasteiger partial charge in [-0.3, -0.25) is 0 Å². The fraction of sp³-hybridized carbons (Fsp3) is 0.474. The monoisotopic (exact) mass is 301 g/mol. The molecule has 0 bridgehead atoms. The molecule has 0 aliphatic rings. The van der Waals surface area contributed by atoms with Crippen LogP contribution < -0.4 is 5.32 Å². The van der Waals surface area contributed by atoms with Gasteiger partial charge < -0.3 is 5.32 Å². The van der Waals surface area contributed by atoms with Crippen molar-refractivity contribution in [3.05, 3.63) is 56.8 Å². The first-order valence-corrected chi connectivity index (χ1v) is 8.46. The number of hydrogen-bond donors (Lipinski definition) is 1. The van der Waals surface area contributed by atoms with Crippen molar-refractivity contribution in [2.75, 3.05) is 7.05 Å². The second-order valence-corrected chi connectivity index (χ2v) is 8.04. The third-order valence-corrected chi connectivity index (χ3v) is 5.61. The normalized spacial score (nSPS) is 13.4. The second kappa shape index (κ2) is 6.33. The summed E-state index contributed by atoms with van der Waals surface area (Å²) >= 11 is 1.94. The maximum atomic E-state index is 3.49. The molecule has 0 fully saturated rings. The summed E-state index contributed by atoms with van der Waals surface area (Å²) in [5.74, 6) is 0. The fourth-order valence-electron chi connectivity index (χ4n) is 2.53. The van der Waals surface area contributed by atoms with Crippen molar-refractivity contribution in [1.82, 2.24) is 5.32 Å². The highest BCUT2D eigenvalue weighted by molar-refractivity contribution is 7.12. The molecule has 1 heterocycles. The van der Waals surface area contributed by atoms with Crippen LogP contribution in [0.25, 0.3) is 0 Å². The van der Waals surface area contributed by atoms with E-state index in [0.29, 0.717) is 6.04 Å². The maximum Gasteiger partial charge on any atom is 0.0453 e. The van der Waals surface area contributed by atoms with E-state index in [1.165, 1.54) is 26.4 Å². The van der Waals surface area contributed by atoms with Gasteiger partial charge in [0.1, 0.15) is 0 Å². The van der Waals surface area contributed by atoms with E-state index >= 15 is 0 Å². The first-order valence-electron chi connectivity index (χ1n) is 7.65. The summed E-state index contributed by atoms with van der Waals surface area (Å²) in [6, 6.07) is 11.7. The van der Waals surface area contributed by atoms with E-state index in [4.69, 9.17) is 0 Å². The Morgan fingerprint density at radius 1 is 1.10 bits per heavy atom. The molecule has 1 aromatic heterocycles. The Bertz CT molecular complexity index is 604. The summed E-state index contributed by atoms with van der Waals surface area (Å²) in [6.07, 6.45) is 1.05. The van der Waals surface area contributed by atoms with Gasteiger partial charge in [0.25, 0.3) is 0 Å². The van der Waals surface area contributed by atoms with Crippen LogP contribution in [0, 0.1) is 13.8 Å². The summed E-state index contributed by atoms with van der Waals surface area (Å²) < 4.78 is 0. The van der Waals surface area contributed by atoms with E-state index in [9.17, 15) is 0 Å². The van der Waals surface area contributed by atoms with Gasteiger partial charge in [0, 0.05) is 15.8 Å². The van der Waals surface area contributed by atoms with Gasteiger partial charge in [0.05, 0.1) is 0 Å². The molecule has 1 unspecified atom stereocenters. The average molecular weight is 301 g/mol. The molecule has 1 nitrogen and oxygen atoms in total. The fourth-order valence-corrected chi connectivity index (χ4v) is 3.70. The molecule has 1 aromatic carbocycles. The van der Waals surface area contributed by atoms with E-state index in [0.717, 1.165) is 6.42 Å². The molecular weight excluding hydrogens is 274 g/mol. The van der Waals surface area contributed by atoms with Gasteiger partial charge in [0.15, 0.2) is 0 Å². The van der Waals surface area contributed by atoms with Crippen molar-refractivity contribution in [3.8, 4) is 0 Å². The van der Waals surface area contributed by atoms with Crippen LogP contribution in [0.15, 0.2) is 30.3 Å². The highest BCUT2D eigenvalue weighted by Crippen LogP contribution is 2.33. The lowest BCUT2D eigenvalue weighted by molar-refractivity contribution is 0.599. The minimum absolute atomic E-state index is 0.237. The number of likely N-dealkylation sites (N-methyl/N-ethyl adjacent to an activating group) is 1. The van der Waals surface area contributed by atoms with Crippen LogP contribution in [-0.2, 0) is 11.8 Å². The van der Waals surface area contributed by atoms with Gasteiger partial charge in [-0.25, -0.2) is 0 Å². The van der Waals surface area contributed by atoms with Crippen molar-refractivity contribution >= 4 is 11.3 Å². The Kier molecular flexibility index (Phi) is 4.90. The quantitative estimate of drug-likeness (QED) is 0.822. The Morgan fingerprint density at radius 2 is 1.81 bits per heavy atom. The predicted molar refractivity (Wildman–Crippen MR) is 94.4 cm³/mol. The van der Waals surface area contributed by atoms with Crippen LogP contribution in [0.4, 0.5) is 0 Å². The molecule has 0 saturated carbocycles. The lowest BCUT2D eigenvalue weighted by atomic mass is 9.95. The van der Waals surface area contributed by atoms with Crippen LogP contribution >= 0.6 is 11.3 Å². The molecule has 0 aliphatic carbocycles. The molecule has 0 saturated heterocycles. The zero-order valence-corrected chi connectivity index (χ0v) is 14.9. The van der Waals surface area contributed by atoms with Crippen molar-refractivity contribution < 1.29 is 0 Å². The largest absolute Gasteiger partial charge is 0.312 e. The Morgan fingerprint density at radius 3 is 2.38 bits per heavy atom. The van der Waals surface area contributed by atoms with E-state index < -0.39 is 0 Å². The lowest BCUT2D eigenvalue weighted by Gasteiger charge is -2.18. The average Bonchev–Trinajstić information content (AvgIpc) is 2.89. The zero-order valence-electron chi connectivity index (χ0n) is 14.1. The van der Waals surface area contributed by atoms with E-state index in [-0.39, 0.29) is 5.41 Å². The topological polar surface area (TPSA) is 12.0 Å². The minimum Gasteiger partial charge on any atom is -0.312 e. The molecule has 0 spiro atoms. The first-order chi connectivity index (χ1) is 9.81. The third kappa shape index (κ3) is 3.96. The molecule has 0 amide bonds. The summed E-state index contributed by atoms with van der Waals surface area (Å²) in [5, 5.41) is 3.49. The van der Waals surface area contributed by atoms with Crippen molar-refractivity contribution in [2.24, 2.45) is 0 Å². The van der Waals surface area contributed by atoms with Crippen molar-refractivity contribution in [1.29, 1.82) is 0 Å². The van der Waals surface area contributed by atoms with Crippen LogP contribution in [0.5, 0.6) is 0 Å². The lowest BCUT2D eigenvalue weighted by Crippen LogP contribution is -2.18. The van der Waals surface area contributed by atoms with Gasteiger partial charge in [-0.05, 0) is 56.0 Å². The molecule has 0 radical (unpaired) electrons. The van der Waals surface area contributed by atoms with Gasteiger partial charge in [-0.2, -0.15) is 0 Å². The summed E-state index contributed by atoms with van der Waals surface area (Å²) in [7, 11) is 2.06. The first kappa shape index (κ1) is 16.3. The summed E-state index contributed by atoms with van der Waals surface area (Å²) in [6.45, 7) is 11.2. The molecule has 2 aromatic rings. The summed E-state index contributed by atoms with van der Waals surface area (Å²) in [4.78, 5) is 2.89. The van der Waals surface area contributed by atoms with Gasteiger partial charge in [-0.1, -0.05) is 44.5 Å². The number of thiophene rings is 1. The molecule has 2 heteroatoms. The Labute approximate surface area is 133 Å². The molecule has 114 valence electrons. The van der Waals surface area contributed by atoms with Gasteiger partial charge >= 0.3 is 0 Å². The number of benzene rings is 1. The van der Waals surface area contributed by atoms with Crippen LogP contribution in [0.3, 0.4) is 0 Å². The zero-order chi connectivity index (χ0) is 15.6. The standard InChI is InChI=1S/C19H27NS/c1-13-7-8-14(2)15(11-13)12-16(20-6)17-9-10-18(21-17)19(3,4)5/h7-11,16,20H,12H2,1-6H3. The SMILES string of the molecule is CNC(Cc1cc(C)ccc1C)c1ccc(C(C)(C)C)s1. The van der Waals surface area contributed by atoms with Gasteiger partial charge in [0.2, 0.25) is 0 Å². The highest BCUT2D eigenvalue weighted by Gasteiger charge is 2.19.